The standard InChI is InChI=1S/C59H37N3/c1-3-14-39(15-4-1)56-60-57(40-16-5-2-6-17-40)62-58(61-56)49-22-13-18-44-34-43-31-30-41(35-50(43)55(44)49)37-26-28-38(29-27-37)42-32-33-48-47-21-9-12-25-53(47)59(54(48)36-42)51-23-10-7-19-45(51)46-20-8-11-24-52(46)59/h1-33,35-36H,34H2. The van der Waals surface area contributed by atoms with Crippen molar-refractivity contribution in [2.75, 3.05) is 0 Å². The van der Waals surface area contributed by atoms with Crippen molar-refractivity contribution in [3.63, 3.8) is 0 Å². The minimum atomic E-state index is -0.359. The third kappa shape index (κ3) is 5.09. The molecule has 62 heavy (non-hydrogen) atoms. The summed E-state index contributed by atoms with van der Waals surface area (Å²) in [5.74, 6) is 2.01. The number of fused-ring (bicyclic) bond motifs is 13. The van der Waals surface area contributed by atoms with Gasteiger partial charge in [0.15, 0.2) is 17.5 Å². The summed E-state index contributed by atoms with van der Waals surface area (Å²) in [5.41, 5.74) is 23.2. The summed E-state index contributed by atoms with van der Waals surface area (Å²) in [7, 11) is 0. The van der Waals surface area contributed by atoms with Crippen LogP contribution in [0.15, 0.2) is 212 Å². The van der Waals surface area contributed by atoms with Gasteiger partial charge in [-0.05, 0) is 108 Å². The van der Waals surface area contributed by atoms with Crippen molar-refractivity contribution < 1.29 is 0 Å². The number of aromatic nitrogens is 3. The van der Waals surface area contributed by atoms with Crippen molar-refractivity contribution in [3.05, 3.63) is 246 Å². The molecular weight excluding hydrogens is 751 g/mol. The number of hydrogen-bond donors (Lipinski definition) is 0. The number of benzene rings is 9. The van der Waals surface area contributed by atoms with E-state index in [4.69, 9.17) is 15.0 Å². The van der Waals surface area contributed by atoms with E-state index in [1.54, 1.807) is 0 Å². The molecule has 0 aliphatic heterocycles. The highest BCUT2D eigenvalue weighted by atomic mass is 15.0. The van der Waals surface area contributed by atoms with Gasteiger partial charge in [0.05, 0.1) is 5.41 Å². The van der Waals surface area contributed by atoms with Gasteiger partial charge in [-0.15, -0.1) is 0 Å². The maximum Gasteiger partial charge on any atom is 0.164 e. The SMILES string of the molecule is c1ccc(-c2nc(-c3ccccc3)nc(-c3cccc4c3-c3cc(-c5ccc(-c6ccc7c(c6)C6(c8ccccc8-c8ccccc86)c6ccccc6-7)cc5)ccc3C4)n2)cc1. The predicted octanol–water partition coefficient (Wildman–Crippen LogP) is 14.1. The molecule has 0 N–H and O–H groups in total. The van der Waals surface area contributed by atoms with E-state index in [1.165, 1.54) is 89.0 Å². The zero-order valence-electron chi connectivity index (χ0n) is 33.8. The van der Waals surface area contributed by atoms with Crippen molar-refractivity contribution >= 4 is 0 Å². The minimum Gasteiger partial charge on any atom is -0.208 e. The molecule has 0 bridgehead atoms. The summed E-state index contributed by atoms with van der Waals surface area (Å²) in [6.45, 7) is 0. The molecule has 9 aromatic carbocycles. The molecule has 13 rings (SSSR count). The topological polar surface area (TPSA) is 38.7 Å². The molecule has 3 aliphatic carbocycles. The first-order valence-corrected chi connectivity index (χ1v) is 21.4. The van der Waals surface area contributed by atoms with Crippen molar-refractivity contribution in [3.8, 4) is 89.8 Å². The summed E-state index contributed by atoms with van der Waals surface area (Å²) >= 11 is 0. The molecule has 0 amide bonds. The highest BCUT2D eigenvalue weighted by Gasteiger charge is 2.51. The second-order valence-electron chi connectivity index (χ2n) is 16.7. The Hall–Kier alpha value is -8.01. The first kappa shape index (κ1) is 34.8. The maximum atomic E-state index is 5.13. The minimum absolute atomic E-state index is 0.359. The molecule has 3 heteroatoms. The third-order valence-corrected chi connectivity index (χ3v) is 13.4. The van der Waals surface area contributed by atoms with Crippen LogP contribution < -0.4 is 0 Å². The quantitative estimate of drug-likeness (QED) is 0.174. The van der Waals surface area contributed by atoms with Crippen LogP contribution in [0, 0.1) is 0 Å². The van der Waals surface area contributed by atoms with Crippen LogP contribution in [-0.4, -0.2) is 15.0 Å². The Morgan fingerprint density at radius 3 is 1.31 bits per heavy atom. The third-order valence-electron chi connectivity index (χ3n) is 13.4. The molecule has 0 saturated carbocycles. The van der Waals surface area contributed by atoms with Crippen molar-refractivity contribution in [1.82, 2.24) is 15.0 Å². The summed E-state index contributed by atoms with van der Waals surface area (Å²) in [6.07, 6.45) is 0.874. The average Bonchev–Trinajstić information content (AvgIpc) is 3.98. The lowest BCUT2D eigenvalue weighted by atomic mass is 9.70. The van der Waals surface area contributed by atoms with Gasteiger partial charge < -0.3 is 0 Å². The van der Waals surface area contributed by atoms with Gasteiger partial charge in [-0.1, -0.05) is 200 Å². The monoisotopic (exact) mass is 787 g/mol. The van der Waals surface area contributed by atoms with Gasteiger partial charge >= 0.3 is 0 Å². The molecule has 0 unspecified atom stereocenters. The lowest BCUT2D eigenvalue weighted by Crippen LogP contribution is -2.25. The molecule has 3 aliphatic rings. The Morgan fingerprint density at radius 2 is 0.726 bits per heavy atom. The van der Waals surface area contributed by atoms with E-state index in [1.807, 2.05) is 36.4 Å². The van der Waals surface area contributed by atoms with Crippen LogP contribution in [0.4, 0.5) is 0 Å². The maximum absolute atomic E-state index is 5.13. The van der Waals surface area contributed by atoms with E-state index >= 15 is 0 Å². The molecule has 1 heterocycles. The summed E-state index contributed by atoms with van der Waals surface area (Å²) in [5, 5.41) is 0. The van der Waals surface area contributed by atoms with Gasteiger partial charge in [0, 0.05) is 16.7 Å². The zero-order valence-corrected chi connectivity index (χ0v) is 33.8. The molecular formula is C59H37N3. The molecule has 288 valence electrons. The molecule has 1 aromatic heterocycles. The second kappa shape index (κ2) is 13.5. The lowest BCUT2D eigenvalue weighted by Gasteiger charge is -2.30. The van der Waals surface area contributed by atoms with Crippen LogP contribution in [0.3, 0.4) is 0 Å². The molecule has 3 nitrogen and oxygen atoms in total. The summed E-state index contributed by atoms with van der Waals surface area (Å²) < 4.78 is 0. The van der Waals surface area contributed by atoms with Crippen molar-refractivity contribution in [2.45, 2.75) is 11.8 Å². The smallest absolute Gasteiger partial charge is 0.164 e. The molecule has 0 saturated heterocycles. The fraction of sp³-hybridized carbons (Fsp3) is 0.0339. The Labute approximate surface area is 360 Å². The fourth-order valence-electron chi connectivity index (χ4n) is 10.7. The number of nitrogens with zero attached hydrogens (tertiary/aromatic N) is 3. The van der Waals surface area contributed by atoms with Gasteiger partial charge in [-0.2, -0.15) is 0 Å². The first-order chi connectivity index (χ1) is 30.7. The van der Waals surface area contributed by atoms with E-state index < -0.39 is 0 Å². The van der Waals surface area contributed by atoms with E-state index in [0.29, 0.717) is 17.5 Å². The molecule has 10 aromatic rings. The Balaban J connectivity index is 0.889. The summed E-state index contributed by atoms with van der Waals surface area (Å²) in [6, 6.07) is 77.1. The van der Waals surface area contributed by atoms with Crippen LogP contribution >= 0.6 is 0 Å². The first-order valence-electron chi connectivity index (χ1n) is 21.4. The average molecular weight is 788 g/mol. The Morgan fingerprint density at radius 1 is 0.274 bits per heavy atom. The Bertz CT molecular complexity index is 3300. The van der Waals surface area contributed by atoms with Crippen LogP contribution in [0.1, 0.15) is 33.4 Å². The van der Waals surface area contributed by atoms with E-state index in [9.17, 15) is 0 Å². The van der Waals surface area contributed by atoms with Crippen LogP contribution in [0.25, 0.3) is 89.8 Å². The number of hydrogen-bond acceptors (Lipinski definition) is 3. The van der Waals surface area contributed by atoms with E-state index in [-0.39, 0.29) is 5.41 Å². The summed E-state index contributed by atoms with van der Waals surface area (Å²) in [4.78, 5) is 15.2. The van der Waals surface area contributed by atoms with Gasteiger partial charge in [-0.3, -0.25) is 0 Å². The van der Waals surface area contributed by atoms with Crippen LogP contribution in [0.5, 0.6) is 0 Å². The Kier molecular flexibility index (Phi) is 7.58. The van der Waals surface area contributed by atoms with Gasteiger partial charge in [0.2, 0.25) is 0 Å². The second-order valence-corrected chi connectivity index (χ2v) is 16.7. The van der Waals surface area contributed by atoms with Crippen molar-refractivity contribution in [2.24, 2.45) is 0 Å². The predicted molar refractivity (Wildman–Crippen MR) is 252 cm³/mol. The van der Waals surface area contributed by atoms with Gasteiger partial charge in [-0.25, -0.2) is 15.0 Å². The zero-order chi connectivity index (χ0) is 40.8. The molecule has 0 atom stereocenters. The molecule has 1 spiro atoms. The lowest BCUT2D eigenvalue weighted by molar-refractivity contribution is 0.794. The van der Waals surface area contributed by atoms with Crippen molar-refractivity contribution in [1.29, 1.82) is 0 Å². The van der Waals surface area contributed by atoms with E-state index in [0.717, 1.165) is 23.1 Å². The molecule has 0 radical (unpaired) electrons. The van der Waals surface area contributed by atoms with E-state index in [2.05, 4.69) is 176 Å². The van der Waals surface area contributed by atoms with Crippen LogP contribution in [-0.2, 0) is 11.8 Å². The fourth-order valence-corrected chi connectivity index (χ4v) is 10.7. The largest absolute Gasteiger partial charge is 0.208 e. The van der Waals surface area contributed by atoms with Gasteiger partial charge in [0.25, 0.3) is 0 Å². The molecule has 0 fully saturated rings. The highest BCUT2D eigenvalue weighted by molar-refractivity contribution is 5.96. The normalized spacial score (nSPS) is 13.2. The highest BCUT2D eigenvalue weighted by Crippen LogP contribution is 2.63. The number of rotatable bonds is 5. The van der Waals surface area contributed by atoms with Crippen LogP contribution in [0.2, 0.25) is 0 Å². The van der Waals surface area contributed by atoms with Gasteiger partial charge in [0.1, 0.15) is 0 Å².